The van der Waals surface area contributed by atoms with Crippen LogP contribution in [0, 0.1) is 13.8 Å². The highest BCUT2D eigenvalue weighted by molar-refractivity contribution is 7.99. The third-order valence-corrected chi connectivity index (χ3v) is 6.55. The van der Waals surface area contributed by atoms with Gasteiger partial charge < -0.3 is 10.1 Å². The third-order valence-electron chi connectivity index (χ3n) is 5.58. The van der Waals surface area contributed by atoms with Crippen LogP contribution < -0.4 is 10.1 Å². The Labute approximate surface area is 199 Å². The topological polar surface area (TPSA) is 69.0 Å². The Hall–Kier alpha value is -3.06. The van der Waals surface area contributed by atoms with E-state index in [9.17, 15) is 4.79 Å². The van der Waals surface area contributed by atoms with E-state index in [1.807, 2.05) is 60.9 Å². The van der Waals surface area contributed by atoms with Gasteiger partial charge in [-0.15, -0.1) is 16.8 Å². The fourth-order valence-electron chi connectivity index (χ4n) is 4.16. The maximum atomic E-state index is 12.5. The summed E-state index contributed by atoms with van der Waals surface area (Å²) in [5.74, 6) is 1.81. The first-order valence-corrected chi connectivity index (χ1v) is 12.3. The Kier molecular flexibility index (Phi) is 7.50. The van der Waals surface area contributed by atoms with Crippen molar-refractivity contribution in [1.82, 2.24) is 14.8 Å². The molecule has 1 aliphatic carbocycles. The predicted molar refractivity (Wildman–Crippen MR) is 134 cm³/mol. The molecule has 7 heteroatoms. The van der Waals surface area contributed by atoms with E-state index in [0.717, 1.165) is 46.8 Å². The molecule has 0 radical (unpaired) electrons. The lowest BCUT2D eigenvalue weighted by molar-refractivity contribution is -0.113. The van der Waals surface area contributed by atoms with E-state index < -0.39 is 0 Å². The molecule has 2 aromatic carbocycles. The molecular weight excluding hydrogens is 432 g/mol. The van der Waals surface area contributed by atoms with E-state index in [2.05, 4.69) is 28.2 Å². The number of carbonyl (C=O) groups is 1. The van der Waals surface area contributed by atoms with Gasteiger partial charge in [0.15, 0.2) is 11.0 Å². The van der Waals surface area contributed by atoms with Crippen LogP contribution in [0.15, 0.2) is 60.3 Å². The Morgan fingerprint density at radius 2 is 1.85 bits per heavy atom. The molecule has 1 saturated carbocycles. The summed E-state index contributed by atoms with van der Waals surface area (Å²) in [6, 6.07) is 14.0. The van der Waals surface area contributed by atoms with Gasteiger partial charge in [0.05, 0.1) is 11.9 Å². The van der Waals surface area contributed by atoms with Gasteiger partial charge in [-0.05, 0) is 87.1 Å². The summed E-state index contributed by atoms with van der Waals surface area (Å²) in [6.45, 7) is 8.46. The number of ether oxygens (including phenoxy) is 1. The van der Waals surface area contributed by atoms with Crippen LogP contribution >= 0.6 is 11.8 Å². The van der Waals surface area contributed by atoms with Crippen LogP contribution in [-0.2, 0) is 11.3 Å². The fraction of sp³-hybridized carbons (Fsp3) is 0.346. The maximum Gasteiger partial charge on any atom is 0.234 e. The lowest BCUT2D eigenvalue weighted by Gasteiger charge is -2.13. The monoisotopic (exact) mass is 462 g/mol. The number of hydrogen-bond donors (Lipinski definition) is 1. The van der Waals surface area contributed by atoms with Crippen LogP contribution in [0.5, 0.6) is 5.75 Å². The normalized spacial score (nSPS) is 13.8. The van der Waals surface area contributed by atoms with Crippen molar-refractivity contribution >= 4 is 23.4 Å². The highest BCUT2D eigenvalue weighted by Gasteiger charge is 2.18. The van der Waals surface area contributed by atoms with Crippen molar-refractivity contribution in [2.24, 2.45) is 0 Å². The summed E-state index contributed by atoms with van der Waals surface area (Å²) in [5, 5.41) is 12.4. The average molecular weight is 463 g/mol. The molecule has 3 aromatic rings. The molecule has 4 rings (SSSR count). The molecule has 1 N–H and O–H groups in total. The van der Waals surface area contributed by atoms with E-state index in [0.29, 0.717) is 17.8 Å². The SMILES string of the molecule is C=CCn1c(SCC(=O)Nc2cc(C)cc(C)c2)nnc1-c1ccc(OC2CCCC2)cc1. The number of rotatable bonds is 9. The lowest BCUT2D eigenvalue weighted by atomic mass is 10.1. The minimum absolute atomic E-state index is 0.0758. The average Bonchev–Trinajstić information content (AvgIpc) is 3.43. The Bertz CT molecular complexity index is 1100. The largest absolute Gasteiger partial charge is 0.490 e. The van der Waals surface area contributed by atoms with Crippen LogP contribution in [0.2, 0.25) is 0 Å². The zero-order chi connectivity index (χ0) is 23.2. The molecule has 0 aliphatic heterocycles. The molecule has 0 unspecified atom stereocenters. The molecule has 1 aliphatic rings. The quantitative estimate of drug-likeness (QED) is 0.321. The summed E-state index contributed by atoms with van der Waals surface area (Å²) in [4.78, 5) is 12.5. The van der Waals surface area contributed by atoms with Crippen LogP contribution in [0.3, 0.4) is 0 Å². The number of anilines is 1. The molecule has 0 spiro atoms. The van der Waals surface area contributed by atoms with Crippen molar-refractivity contribution in [3.63, 3.8) is 0 Å². The fourth-order valence-corrected chi connectivity index (χ4v) is 4.91. The molecular formula is C26H30N4O2S. The molecule has 1 fully saturated rings. The zero-order valence-electron chi connectivity index (χ0n) is 19.2. The molecule has 33 heavy (non-hydrogen) atoms. The number of aromatic nitrogens is 3. The number of carbonyl (C=O) groups excluding carboxylic acids is 1. The predicted octanol–water partition coefficient (Wildman–Crippen LogP) is 5.80. The Morgan fingerprint density at radius 3 is 2.52 bits per heavy atom. The van der Waals surface area contributed by atoms with Gasteiger partial charge in [0, 0.05) is 17.8 Å². The molecule has 1 heterocycles. The first-order chi connectivity index (χ1) is 16.0. The molecule has 172 valence electrons. The first-order valence-electron chi connectivity index (χ1n) is 11.3. The number of nitrogens with zero attached hydrogens (tertiary/aromatic N) is 3. The van der Waals surface area contributed by atoms with Gasteiger partial charge in [0.25, 0.3) is 0 Å². The van der Waals surface area contributed by atoms with Crippen LogP contribution in [0.1, 0.15) is 36.8 Å². The van der Waals surface area contributed by atoms with Crippen molar-refractivity contribution < 1.29 is 9.53 Å². The minimum Gasteiger partial charge on any atom is -0.490 e. The number of nitrogens with one attached hydrogen (secondary N) is 1. The van der Waals surface area contributed by atoms with Crippen molar-refractivity contribution in [2.45, 2.75) is 57.3 Å². The second-order valence-corrected chi connectivity index (χ2v) is 9.41. The summed E-state index contributed by atoms with van der Waals surface area (Å²) >= 11 is 1.37. The van der Waals surface area contributed by atoms with Crippen LogP contribution in [0.4, 0.5) is 5.69 Å². The Morgan fingerprint density at radius 1 is 1.15 bits per heavy atom. The first kappa shape index (κ1) is 23.1. The molecule has 1 aromatic heterocycles. The van der Waals surface area contributed by atoms with Gasteiger partial charge in [-0.1, -0.05) is 23.9 Å². The highest BCUT2D eigenvalue weighted by Crippen LogP contribution is 2.28. The van der Waals surface area contributed by atoms with E-state index in [1.165, 1.54) is 24.6 Å². The van der Waals surface area contributed by atoms with Crippen LogP contribution in [0.25, 0.3) is 11.4 Å². The lowest BCUT2D eigenvalue weighted by Crippen LogP contribution is -2.15. The van der Waals surface area contributed by atoms with Crippen molar-refractivity contribution in [1.29, 1.82) is 0 Å². The maximum absolute atomic E-state index is 12.5. The third kappa shape index (κ3) is 6.05. The van der Waals surface area contributed by atoms with E-state index >= 15 is 0 Å². The highest BCUT2D eigenvalue weighted by atomic mass is 32.2. The van der Waals surface area contributed by atoms with Gasteiger partial charge in [-0.3, -0.25) is 9.36 Å². The van der Waals surface area contributed by atoms with Crippen molar-refractivity contribution in [3.8, 4) is 17.1 Å². The number of benzene rings is 2. The standard InChI is InChI=1S/C26H30N4O2S/c1-4-13-30-25(20-9-11-23(12-10-20)32-22-7-5-6-8-22)28-29-26(30)33-17-24(31)27-21-15-18(2)14-19(3)16-21/h4,9-12,14-16,22H,1,5-8,13,17H2,2-3H3,(H,27,31). The molecule has 0 atom stereocenters. The van der Waals surface area contributed by atoms with Gasteiger partial charge in [0.1, 0.15) is 5.75 Å². The molecule has 0 bridgehead atoms. The summed E-state index contributed by atoms with van der Waals surface area (Å²) < 4.78 is 8.05. The van der Waals surface area contributed by atoms with E-state index in [4.69, 9.17) is 4.74 Å². The number of aryl methyl sites for hydroxylation is 2. The van der Waals surface area contributed by atoms with Gasteiger partial charge in [-0.25, -0.2) is 0 Å². The molecule has 0 saturated heterocycles. The van der Waals surface area contributed by atoms with Gasteiger partial charge >= 0.3 is 0 Å². The summed E-state index contributed by atoms with van der Waals surface area (Å²) in [6.07, 6.45) is 6.90. The van der Waals surface area contributed by atoms with Gasteiger partial charge in [-0.2, -0.15) is 0 Å². The number of hydrogen-bond acceptors (Lipinski definition) is 5. The summed E-state index contributed by atoms with van der Waals surface area (Å²) in [5.41, 5.74) is 4.00. The van der Waals surface area contributed by atoms with Crippen LogP contribution in [-0.4, -0.2) is 32.5 Å². The Balaban J connectivity index is 1.42. The van der Waals surface area contributed by atoms with Gasteiger partial charge in [0.2, 0.25) is 5.91 Å². The number of amides is 1. The van der Waals surface area contributed by atoms with E-state index in [-0.39, 0.29) is 11.7 Å². The smallest absolute Gasteiger partial charge is 0.234 e. The van der Waals surface area contributed by atoms with Crippen molar-refractivity contribution in [3.05, 3.63) is 66.2 Å². The second-order valence-electron chi connectivity index (χ2n) is 8.47. The number of thioether (sulfide) groups is 1. The summed E-state index contributed by atoms with van der Waals surface area (Å²) in [7, 11) is 0. The second kappa shape index (κ2) is 10.7. The molecule has 6 nitrogen and oxygen atoms in total. The van der Waals surface area contributed by atoms with Crippen molar-refractivity contribution in [2.75, 3.05) is 11.1 Å². The minimum atomic E-state index is -0.0758. The zero-order valence-corrected chi connectivity index (χ0v) is 20.0. The number of allylic oxidation sites excluding steroid dienone is 1. The van der Waals surface area contributed by atoms with E-state index in [1.54, 1.807) is 0 Å². The molecule has 1 amide bonds.